The minimum absolute atomic E-state index is 0.355. The Morgan fingerprint density at radius 1 is 0.909 bits per heavy atom. The fraction of sp³-hybridized carbons (Fsp3) is 0.333. The van der Waals surface area contributed by atoms with Crippen molar-refractivity contribution in [2.45, 2.75) is 44.8 Å². The lowest BCUT2D eigenvalue weighted by Gasteiger charge is -2.30. The molecule has 2 rings (SSSR count). The Labute approximate surface area is 136 Å². The van der Waals surface area contributed by atoms with Gasteiger partial charge in [-0.15, -0.1) is 5.92 Å². The van der Waals surface area contributed by atoms with Crippen molar-refractivity contribution in [3.05, 3.63) is 66.2 Å². The van der Waals surface area contributed by atoms with Gasteiger partial charge in [0.15, 0.2) is 0 Å². The molecule has 0 radical (unpaired) electrons. The molecule has 0 aliphatic carbocycles. The van der Waals surface area contributed by atoms with Crippen LogP contribution >= 0.6 is 0 Å². The van der Waals surface area contributed by atoms with E-state index < -0.39 is 8.07 Å². The Balaban J connectivity index is 2.37. The van der Waals surface area contributed by atoms with E-state index in [0.717, 1.165) is 6.42 Å². The monoisotopic (exact) mass is 306 g/mol. The van der Waals surface area contributed by atoms with Crippen LogP contribution in [-0.4, -0.2) is 8.07 Å². The molecule has 0 amide bonds. The van der Waals surface area contributed by atoms with Gasteiger partial charge in [-0.3, -0.25) is 0 Å². The number of rotatable bonds is 5. The molecule has 0 N–H and O–H groups in total. The Kier molecular flexibility index (Phi) is 6.04. The molecule has 0 fully saturated rings. The number of unbranched alkanes of at least 4 members (excludes halogenated alkanes) is 2. The Morgan fingerprint density at radius 2 is 1.50 bits per heavy atom. The van der Waals surface area contributed by atoms with Crippen molar-refractivity contribution in [3.8, 4) is 11.8 Å². The summed E-state index contributed by atoms with van der Waals surface area (Å²) in [6.45, 7) is 7.10. The van der Waals surface area contributed by atoms with E-state index in [2.05, 4.69) is 92.5 Å². The van der Waals surface area contributed by atoms with Crippen molar-refractivity contribution < 1.29 is 0 Å². The first-order valence-electron chi connectivity index (χ1n) is 8.25. The van der Waals surface area contributed by atoms with Crippen LogP contribution < -0.4 is 5.19 Å². The highest BCUT2D eigenvalue weighted by Gasteiger charge is 2.33. The maximum absolute atomic E-state index is 3.62. The second-order valence-corrected chi connectivity index (χ2v) is 11.0. The van der Waals surface area contributed by atoms with Crippen LogP contribution in [0.15, 0.2) is 60.7 Å². The molecule has 0 aromatic heterocycles. The Hall–Kier alpha value is -1.78. The normalized spacial score (nSPS) is 12.3. The Bertz CT molecular complexity index is 617. The van der Waals surface area contributed by atoms with Gasteiger partial charge in [0.2, 0.25) is 0 Å². The van der Waals surface area contributed by atoms with Gasteiger partial charge < -0.3 is 0 Å². The van der Waals surface area contributed by atoms with E-state index in [1.165, 1.54) is 23.6 Å². The summed E-state index contributed by atoms with van der Waals surface area (Å²) in [6, 6.07) is 21.8. The molecule has 1 heteroatoms. The van der Waals surface area contributed by atoms with Gasteiger partial charge in [-0.2, -0.15) is 0 Å². The minimum atomic E-state index is -1.68. The van der Waals surface area contributed by atoms with E-state index in [1.807, 2.05) is 0 Å². The van der Waals surface area contributed by atoms with Gasteiger partial charge in [-0.05, 0) is 12.0 Å². The molecule has 0 heterocycles. The zero-order chi connectivity index (χ0) is 15.8. The van der Waals surface area contributed by atoms with Crippen molar-refractivity contribution in [2.75, 3.05) is 0 Å². The van der Waals surface area contributed by atoms with Crippen LogP contribution in [-0.2, 0) is 0 Å². The molecule has 114 valence electrons. The summed E-state index contributed by atoms with van der Waals surface area (Å²) in [6.07, 6.45) is 3.42. The summed E-state index contributed by atoms with van der Waals surface area (Å²) in [7, 11) is -1.68. The lowest BCUT2D eigenvalue weighted by molar-refractivity contribution is 0.827. The average molecular weight is 307 g/mol. The van der Waals surface area contributed by atoms with Crippen LogP contribution in [0.3, 0.4) is 0 Å². The van der Waals surface area contributed by atoms with Crippen LogP contribution in [0.5, 0.6) is 0 Å². The van der Waals surface area contributed by atoms with Crippen LogP contribution in [0, 0.1) is 11.8 Å². The molecule has 1 unspecified atom stereocenters. The second kappa shape index (κ2) is 8.01. The molecular formula is C21H26Si. The quantitative estimate of drug-likeness (QED) is 0.409. The van der Waals surface area contributed by atoms with Gasteiger partial charge in [0.1, 0.15) is 8.07 Å². The molecule has 2 aromatic carbocycles. The van der Waals surface area contributed by atoms with Gasteiger partial charge in [-0.1, -0.05) is 98.2 Å². The second-order valence-electron chi connectivity index (χ2n) is 6.36. The molecule has 0 saturated heterocycles. The topological polar surface area (TPSA) is 0 Å². The van der Waals surface area contributed by atoms with Crippen LogP contribution in [0.2, 0.25) is 13.1 Å². The lowest BCUT2D eigenvalue weighted by atomic mass is 10.1. The fourth-order valence-electron chi connectivity index (χ4n) is 2.80. The van der Waals surface area contributed by atoms with E-state index in [0.29, 0.717) is 5.54 Å². The smallest absolute Gasteiger partial charge is 0.102 e. The molecule has 0 aliphatic rings. The highest BCUT2D eigenvalue weighted by Crippen LogP contribution is 2.26. The van der Waals surface area contributed by atoms with Crippen LogP contribution in [0.25, 0.3) is 0 Å². The first-order valence-corrected chi connectivity index (χ1v) is 11.3. The molecule has 0 bridgehead atoms. The SMILES string of the molecule is CCCCC#CC(c1ccccc1)[Si](C)(C)c1ccccc1. The third-order valence-electron chi connectivity index (χ3n) is 4.27. The number of hydrogen-bond acceptors (Lipinski definition) is 0. The van der Waals surface area contributed by atoms with Gasteiger partial charge >= 0.3 is 0 Å². The van der Waals surface area contributed by atoms with Crippen molar-refractivity contribution in [3.63, 3.8) is 0 Å². The van der Waals surface area contributed by atoms with Crippen LogP contribution in [0.1, 0.15) is 37.3 Å². The maximum atomic E-state index is 3.62. The lowest BCUT2D eigenvalue weighted by Crippen LogP contribution is -2.47. The summed E-state index contributed by atoms with van der Waals surface area (Å²) in [5, 5.41) is 1.48. The summed E-state index contributed by atoms with van der Waals surface area (Å²) in [4.78, 5) is 0. The molecule has 1 atom stereocenters. The van der Waals surface area contributed by atoms with Crippen molar-refractivity contribution >= 4 is 13.3 Å². The summed E-state index contributed by atoms with van der Waals surface area (Å²) in [5.41, 5.74) is 1.72. The molecule has 2 aromatic rings. The fourth-order valence-corrected chi connectivity index (χ4v) is 5.67. The zero-order valence-corrected chi connectivity index (χ0v) is 15.0. The predicted octanol–water partition coefficient (Wildman–Crippen LogP) is 5.12. The minimum Gasteiger partial charge on any atom is -0.103 e. The third kappa shape index (κ3) is 4.12. The largest absolute Gasteiger partial charge is 0.103 e. The summed E-state index contributed by atoms with van der Waals surface area (Å²) < 4.78 is 0. The molecule has 0 spiro atoms. The first kappa shape index (κ1) is 16.6. The van der Waals surface area contributed by atoms with E-state index in [-0.39, 0.29) is 0 Å². The highest BCUT2D eigenvalue weighted by atomic mass is 28.3. The third-order valence-corrected chi connectivity index (χ3v) is 8.02. The van der Waals surface area contributed by atoms with Crippen molar-refractivity contribution in [2.24, 2.45) is 0 Å². The summed E-state index contributed by atoms with van der Waals surface area (Å²) in [5.74, 6) is 7.07. The number of benzene rings is 2. The Morgan fingerprint density at radius 3 is 2.09 bits per heavy atom. The molecule has 22 heavy (non-hydrogen) atoms. The molecule has 0 saturated carbocycles. The van der Waals surface area contributed by atoms with Gasteiger partial charge in [0.25, 0.3) is 0 Å². The van der Waals surface area contributed by atoms with E-state index in [1.54, 1.807) is 0 Å². The van der Waals surface area contributed by atoms with Gasteiger partial charge in [0, 0.05) is 12.0 Å². The average Bonchev–Trinajstić information content (AvgIpc) is 2.56. The van der Waals surface area contributed by atoms with Crippen LogP contribution in [0.4, 0.5) is 0 Å². The van der Waals surface area contributed by atoms with E-state index >= 15 is 0 Å². The molecule has 0 nitrogen and oxygen atoms in total. The summed E-state index contributed by atoms with van der Waals surface area (Å²) >= 11 is 0. The molecule has 0 aliphatic heterocycles. The molecular weight excluding hydrogens is 280 g/mol. The maximum Gasteiger partial charge on any atom is 0.102 e. The predicted molar refractivity (Wildman–Crippen MR) is 100 cm³/mol. The first-order chi connectivity index (χ1) is 10.7. The highest BCUT2D eigenvalue weighted by molar-refractivity contribution is 6.91. The van der Waals surface area contributed by atoms with E-state index in [4.69, 9.17) is 0 Å². The standard InChI is InChI=1S/C21H26Si/c1-4-5-6-13-18-21(19-14-9-7-10-15-19)22(2,3)20-16-11-8-12-17-20/h7-12,14-17,21H,4-6H2,1-3H3. The van der Waals surface area contributed by atoms with Gasteiger partial charge in [0.05, 0.1) is 0 Å². The van der Waals surface area contributed by atoms with Crippen molar-refractivity contribution in [1.82, 2.24) is 0 Å². The zero-order valence-electron chi connectivity index (χ0n) is 14.0. The van der Waals surface area contributed by atoms with Crippen molar-refractivity contribution in [1.29, 1.82) is 0 Å². The number of hydrogen-bond donors (Lipinski definition) is 0. The van der Waals surface area contributed by atoms with E-state index in [9.17, 15) is 0 Å². The van der Waals surface area contributed by atoms with Gasteiger partial charge in [-0.25, -0.2) is 0 Å².